The summed E-state index contributed by atoms with van der Waals surface area (Å²) in [7, 11) is 0. The van der Waals surface area contributed by atoms with E-state index < -0.39 is 12.0 Å². The molecule has 0 saturated heterocycles. The molecular weight excluding hydrogens is 178 g/mol. The predicted octanol–water partition coefficient (Wildman–Crippen LogP) is 1.48. The molecule has 3 N–H and O–H groups in total. The number of carbonyl (C=O) groups excluding carboxylic acids is 1. The molecule has 1 rings (SSSR count). The number of alkyl halides is 2. The molecule has 1 saturated carbocycles. The van der Waals surface area contributed by atoms with Gasteiger partial charge in [0.1, 0.15) is 0 Å². The van der Waals surface area contributed by atoms with Crippen molar-refractivity contribution in [3.63, 3.8) is 0 Å². The van der Waals surface area contributed by atoms with Crippen LogP contribution in [0.3, 0.4) is 0 Å². The van der Waals surface area contributed by atoms with Crippen molar-refractivity contribution in [2.45, 2.75) is 31.6 Å². The van der Waals surface area contributed by atoms with Gasteiger partial charge in [0, 0.05) is 19.4 Å². The number of carbonyl (C=O) groups is 1. The van der Waals surface area contributed by atoms with Gasteiger partial charge < -0.3 is 11.1 Å². The molecule has 2 amide bonds. The van der Waals surface area contributed by atoms with E-state index in [-0.39, 0.29) is 18.8 Å². The van der Waals surface area contributed by atoms with E-state index in [2.05, 4.69) is 5.32 Å². The first kappa shape index (κ1) is 10.2. The maximum Gasteiger partial charge on any atom is 0.312 e. The number of nitrogens with one attached hydrogen (secondary N) is 1. The second kappa shape index (κ2) is 3.89. The topological polar surface area (TPSA) is 55.1 Å². The Bertz CT molecular complexity index is 187. The number of amides is 2. The molecule has 1 fully saturated rings. The minimum absolute atomic E-state index is 0.0713. The maximum atomic E-state index is 12.7. The fraction of sp³-hybridized carbons (Fsp3) is 0.875. The fourth-order valence-corrected chi connectivity index (χ4v) is 1.55. The molecule has 0 atom stereocenters. The Morgan fingerprint density at radius 2 is 2.00 bits per heavy atom. The van der Waals surface area contributed by atoms with Gasteiger partial charge >= 0.3 is 6.03 Å². The normalized spacial score (nSPS) is 22.6. The van der Waals surface area contributed by atoms with E-state index in [0.29, 0.717) is 19.4 Å². The van der Waals surface area contributed by atoms with Crippen LogP contribution in [0, 0.1) is 5.92 Å². The SMILES string of the molecule is NC(=O)NCC1CCC(F)(F)CC1. The number of rotatable bonds is 2. The molecule has 0 aromatic heterocycles. The molecule has 0 aromatic rings. The van der Waals surface area contributed by atoms with Crippen LogP contribution in [0.15, 0.2) is 0 Å². The molecule has 0 aromatic carbocycles. The molecule has 3 nitrogen and oxygen atoms in total. The summed E-state index contributed by atoms with van der Waals surface area (Å²) in [5.74, 6) is -2.34. The lowest BCUT2D eigenvalue weighted by Crippen LogP contribution is -2.36. The van der Waals surface area contributed by atoms with Gasteiger partial charge in [-0.1, -0.05) is 0 Å². The van der Waals surface area contributed by atoms with Gasteiger partial charge in [-0.3, -0.25) is 0 Å². The van der Waals surface area contributed by atoms with Gasteiger partial charge in [0.05, 0.1) is 0 Å². The van der Waals surface area contributed by atoms with Crippen molar-refractivity contribution in [1.29, 1.82) is 0 Å². The Balaban J connectivity index is 2.21. The van der Waals surface area contributed by atoms with Gasteiger partial charge in [-0.15, -0.1) is 0 Å². The standard InChI is InChI=1S/C8H14F2N2O/c9-8(10)3-1-6(2-4-8)5-12-7(11)13/h6H,1-5H2,(H3,11,12,13). The minimum Gasteiger partial charge on any atom is -0.352 e. The Morgan fingerprint density at radius 3 is 2.46 bits per heavy atom. The van der Waals surface area contributed by atoms with Crippen LogP contribution in [0.2, 0.25) is 0 Å². The third-order valence-electron chi connectivity index (χ3n) is 2.40. The molecule has 0 heterocycles. The highest BCUT2D eigenvalue weighted by Crippen LogP contribution is 2.35. The summed E-state index contributed by atoms with van der Waals surface area (Å²) < 4.78 is 25.3. The van der Waals surface area contributed by atoms with Crippen LogP contribution in [0.1, 0.15) is 25.7 Å². The second-order valence-electron chi connectivity index (χ2n) is 3.54. The molecule has 76 valence electrons. The zero-order chi connectivity index (χ0) is 9.90. The van der Waals surface area contributed by atoms with Gasteiger partial charge in [0.15, 0.2) is 0 Å². The van der Waals surface area contributed by atoms with Gasteiger partial charge in [0.25, 0.3) is 0 Å². The van der Waals surface area contributed by atoms with E-state index in [1.165, 1.54) is 0 Å². The molecule has 5 heteroatoms. The highest BCUT2D eigenvalue weighted by molar-refractivity contribution is 5.71. The number of primary amides is 1. The monoisotopic (exact) mass is 192 g/mol. The summed E-state index contributed by atoms with van der Waals surface area (Å²) in [5, 5.41) is 2.44. The lowest BCUT2D eigenvalue weighted by atomic mass is 9.87. The average molecular weight is 192 g/mol. The summed E-state index contributed by atoms with van der Waals surface area (Å²) in [6.07, 6.45) is 0.788. The average Bonchev–Trinajstić information content (AvgIpc) is 2.02. The van der Waals surface area contributed by atoms with Crippen molar-refractivity contribution >= 4 is 6.03 Å². The molecule has 1 aliphatic rings. The van der Waals surface area contributed by atoms with Crippen molar-refractivity contribution in [2.75, 3.05) is 6.54 Å². The molecule has 0 unspecified atom stereocenters. The van der Waals surface area contributed by atoms with Crippen molar-refractivity contribution in [1.82, 2.24) is 5.32 Å². The van der Waals surface area contributed by atoms with E-state index in [4.69, 9.17) is 5.73 Å². The Kier molecular flexibility index (Phi) is 3.06. The third kappa shape index (κ3) is 3.57. The molecule has 0 radical (unpaired) electrons. The molecule has 0 aliphatic heterocycles. The van der Waals surface area contributed by atoms with Crippen molar-refractivity contribution in [2.24, 2.45) is 11.7 Å². The van der Waals surface area contributed by atoms with Crippen LogP contribution in [0.25, 0.3) is 0 Å². The van der Waals surface area contributed by atoms with Gasteiger partial charge in [0.2, 0.25) is 5.92 Å². The molecule has 1 aliphatic carbocycles. The van der Waals surface area contributed by atoms with E-state index >= 15 is 0 Å². The Hall–Kier alpha value is -0.870. The molecule has 0 bridgehead atoms. The highest BCUT2D eigenvalue weighted by Gasteiger charge is 2.34. The summed E-state index contributed by atoms with van der Waals surface area (Å²) in [4.78, 5) is 10.3. The van der Waals surface area contributed by atoms with Gasteiger partial charge in [-0.25, -0.2) is 13.6 Å². The minimum atomic E-state index is -2.50. The van der Waals surface area contributed by atoms with Crippen LogP contribution in [0.4, 0.5) is 13.6 Å². The van der Waals surface area contributed by atoms with Crippen molar-refractivity contribution in [3.8, 4) is 0 Å². The van der Waals surface area contributed by atoms with E-state index in [0.717, 1.165) is 0 Å². The molecule has 0 spiro atoms. The van der Waals surface area contributed by atoms with Crippen LogP contribution in [-0.2, 0) is 0 Å². The number of hydrogen-bond donors (Lipinski definition) is 2. The van der Waals surface area contributed by atoms with Crippen LogP contribution < -0.4 is 11.1 Å². The van der Waals surface area contributed by atoms with Gasteiger partial charge in [-0.2, -0.15) is 0 Å². The lowest BCUT2D eigenvalue weighted by molar-refractivity contribution is -0.0451. The highest BCUT2D eigenvalue weighted by atomic mass is 19.3. The van der Waals surface area contributed by atoms with Crippen LogP contribution >= 0.6 is 0 Å². The summed E-state index contributed by atoms with van der Waals surface area (Å²) in [6, 6.07) is -0.586. The fourth-order valence-electron chi connectivity index (χ4n) is 1.55. The maximum absolute atomic E-state index is 12.7. The first-order valence-corrected chi connectivity index (χ1v) is 4.41. The van der Waals surface area contributed by atoms with Crippen LogP contribution in [0.5, 0.6) is 0 Å². The first-order chi connectivity index (χ1) is 5.99. The summed E-state index contributed by atoms with van der Waals surface area (Å²) in [5.41, 5.74) is 4.86. The predicted molar refractivity (Wildman–Crippen MR) is 44.5 cm³/mol. The van der Waals surface area contributed by atoms with Crippen molar-refractivity contribution in [3.05, 3.63) is 0 Å². The van der Waals surface area contributed by atoms with E-state index in [9.17, 15) is 13.6 Å². The van der Waals surface area contributed by atoms with E-state index in [1.807, 2.05) is 0 Å². The lowest BCUT2D eigenvalue weighted by Gasteiger charge is -2.27. The summed E-state index contributed by atoms with van der Waals surface area (Å²) in [6.45, 7) is 0.422. The van der Waals surface area contributed by atoms with Crippen molar-refractivity contribution < 1.29 is 13.6 Å². The molecular formula is C8H14F2N2O. The third-order valence-corrected chi connectivity index (χ3v) is 2.40. The largest absolute Gasteiger partial charge is 0.352 e. The first-order valence-electron chi connectivity index (χ1n) is 4.41. The number of hydrogen-bond acceptors (Lipinski definition) is 1. The zero-order valence-corrected chi connectivity index (χ0v) is 7.35. The zero-order valence-electron chi connectivity index (χ0n) is 7.35. The van der Waals surface area contributed by atoms with Crippen LogP contribution in [-0.4, -0.2) is 18.5 Å². The number of halogens is 2. The van der Waals surface area contributed by atoms with Gasteiger partial charge in [-0.05, 0) is 18.8 Å². The van der Waals surface area contributed by atoms with E-state index in [1.54, 1.807) is 0 Å². The second-order valence-corrected chi connectivity index (χ2v) is 3.54. The number of urea groups is 1. The quantitative estimate of drug-likeness (QED) is 0.684. The molecule has 13 heavy (non-hydrogen) atoms. The Labute approximate surface area is 75.7 Å². The number of nitrogens with two attached hydrogens (primary N) is 1. The smallest absolute Gasteiger partial charge is 0.312 e. The Morgan fingerprint density at radius 1 is 1.46 bits per heavy atom. The summed E-state index contributed by atoms with van der Waals surface area (Å²) >= 11 is 0.